The second-order valence-corrected chi connectivity index (χ2v) is 9.39. The number of ketones is 2. The van der Waals surface area contributed by atoms with E-state index < -0.39 is 0 Å². The molecule has 2 aliphatic rings. The normalized spacial score (nSPS) is 25.5. The van der Waals surface area contributed by atoms with E-state index in [0.717, 1.165) is 49.4 Å². The van der Waals surface area contributed by atoms with Gasteiger partial charge in [0.2, 0.25) is 0 Å². The van der Waals surface area contributed by atoms with Crippen molar-refractivity contribution in [1.82, 2.24) is 9.88 Å². The summed E-state index contributed by atoms with van der Waals surface area (Å²) in [6.07, 6.45) is 8.34. The average molecular weight is 440 g/mol. The highest BCUT2D eigenvalue weighted by atomic mass is 16.2. The number of carbonyl (C=O) groups excluding carboxylic acids is 3. The van der Waals surface area contributed by atoms with Gasteiger partial charge in [0.15, 0.2) is 0 Å². The summed E-state index contributed by atoms with van der Waals surface area (Å²) in [6.45, 7) is 3.28. The minimum atomic E-state index is -0.0862. The van der Waals surface area contributed by atoms with Gasteiger partial charge in [0.25, 0.3) is 5.91 Å². The molecule has 174 valence electrons. The Balaban J connectivity index is 0.000000243. The fraction of sp³-hybridized carbons (Fsp3) is 0.577. The van der Waals surface area contributed by atoms with Gasteiger partial charge in [-0.1, -0.05) is 43.9 Å². The summed E-state index contributed by atoms with van der Waals surface area (Å²) in [6, 6.07) is 9.98. The number of amides is 1. The average Bonchev–Trinajstić information content (AvgIpc) is 3.11. The summed E-state index contributed by atoms with van der Waals surface area (Å²) in [4.78, 5) is 35.3. The number of hydrogen-bond acceptors (Lipinski definition) is 4. The van der Waals surface area contributed by atoms with Crippen molar-refractivity contribution in [3.8, 4) is 0 Å². The van der Waals surface area contributed by atoms with Crippen LogP contribution in [0.2, 0.25) is 0 Å². The zero-order chi connectivity index (χ0) is 23.3. The number of hydrogen-bond donors (Lipinski definition) is 2. The van der Waals surface area contributed by atoms with E-state index in [9.17, 15) is 14.4 Å². The number of nitrogens with two attached hydrogens (primary N) is 1. The maximum absolute atomic E-state index is 12.6. The van der Waals surface area contributed by atoms with Crippen molar-refractivity contribution in [2.45, 2.75) is 77.3 Å². The Hall–Kier alpha value is -2.47. The van der Waals surface area contributed by atoms with Gasteiger partial charge in [-0.15, -0.1) is 0 Å². The predicted molar refractivity (Wildman–Crippen MR) is 127 cm³/mol. The standard InChI is InChI=1S/C18H22N2O2.C8H15NO/c1-12(21)14-8-4-5-9-15(14)19-18(22)17-11-13-7-3-6-10-16(13)20(17)2;1-6(10)7-4-2-3-5-8(7)9/h3,6-7,10-11,14-15H,4-5,8-9H2,1-2H3,(H,19,22);7-8H,2-5,9H2,1H3/t14-,15-;7-,8-/m00/s1. The molecule has 2 aliphatic carbocycles. The number of benzene rings is 1. The van der Waals surface area contributed by atoms with Crippen LogP contribution < -0.4 is 11.1 Å². The van der Waals surface area contributed by atoms with E-state index in [1.54, 1.807) is 13.8 Å². The van der Waals surface area contributed by atoms with Gasteiger partial charge in [-0.05, 0) is 51.7 Å². The molecular weight excluding hydrogens is 402 g/mol. The van der Waals surface area contributed by atoms with E-state index >= 15 is 0 Å². The molecule has 1 aromatic heterocycles. The minimum absolute atomic E-state index is 0.0308. The van der Waals surface area contributed by atoms with Gasteiger partial charge in [-0.3, -0.25) is 14.4 Å². The number of nitrogens with zero attached hydrogens (tertiary/aromatic N) is 1. The third-order valence-corrected chi connectivity index (χ3v) is 7.13. The molecular formula is C26H37N3O3. The maximum Gasteiger partial charge on any atom is 0.268 e. The third-order valence-electron chi connectivity index (χ3n) is 7.13. The molecule has 6 nitrogen and oxygen atoms in total. The summed E-state index contributed by atoms with van der Waals surface area (Å²) in [5.41, 5.74) is 7.45. The van der Waals surface area contributed by atoms with Crippen molar-refractivity contribution in [2.24, 2.45) is 24.6 Å². The second kappa shape index (κ2) is 10.9. The number of aryl methyl sites for hydroxylation is 1. The molecule has 0 radical (unpaired) electrons. The lowest BCUT2D eigenvalue weighted by atomic mass is 9.82. The van der Waals surface area contributed by atoms with Gasteiger partial charge < -0.3 is 15.6 Å². The van der Waals surface area contributed by atoms with Gasteiger partial charge in [-0.25, -0.2) is 0 Å². The molecule has 1 aromatic carbocycles. The SMILES string of the molecule is CC(=O)[C@@H]1CCCC[C@@H]1N.CC(=O)[C@@H]1CCCC[C@@H]1NC(=O)c1cc2ccccc2n1C. The van der Waals surface area contributed by atoms with E-state index in [-0.39, 0.29) is 41.4 Å². The molecule has 32 heavy (non-hydrogen) atoms. The fourth-order valence-electron chi connectivity index (χ4n) is 5.20. The smallest absolute Gasteiger partial charge is 0.268 e. The number of aromatic nitrogens is 1. The Morgan fingerprint density at radius 2 is 1.50 bits per heavy atom. The van der Waals surface area contributed by atoms with Crippen molar-refractivity contribution in [3.63, 3.8) is 0 Å². The Kier molecular flexibility index (Phi) is 8.24. The van der Waals surface area contributed by atoms with Crippen LogP contribution >= 0.6 is 0 Å². The first-order valence-electron chi connectivity index (χ1n) is 11.9. The summed E-state index contributed by atoms with van der Waals surface area (Å²) >= 11 is 0. The Labute approximate surface area is 190 Å². The van der Waals surface area contributed by atoms with Crippen LogP contribution in [0.15, 0.2) is 30.3 Å². The summed E-state index contributed by atoms with van der Waals surface area (Å²) in [5, 5.41) is 4.15. The molecule has 3 N–H and O–H groups in total. The Morgan fingerprint density at radius 3 is 2.09 bits per heavy atom. The highest BCUT2D eigenvalue weighted by molar-refractivity contribution is 5.99. The van der Waals surface area contributed by atoms with Gasteiger partial charge in [0, 0.05) is 41.9 Å². The third kappa shape index (κ3) is 5.66. The van der Waals surface area contributed by atoms with E-state index in [1.165, 1.54) is 12.8 Å². The van der Waals surface area contributed by atoms with Crippen LogP contribution in [0.3, 0.4) is 0 Å². The van der Waals surface area contributed by atoms with Crippen molar-refractivity contribution >= 4 is 28.4 Å². The number of rotatable bonds is 4. The van der Waals surface area contributed by atoms with Crippen LogP contribution in [0.4, 0.5) is 0 Å². The molecule has 0 unspecified atom stereocenters. The largest absolute Gasteiger partial charge is 0.347 e. The fourth-order valence-corrected chi connectivity index (χ4v) is 5.20. The van der Waals surface area contributed by atoms with Crippen molar-refractivity contribution < 1.29 is 14.4 Å². The molecule has 1 heterocycles. The molecule has 2 aromatic rings. The van der Waals surface area contributed by atoms with Gasteiger partial charge in [-0.2, -0.15) is 0 Å². The van der Waals surface area contributed by atoms with E-state index in [2.05, 4.69) is 5.32 Å². The molecule has 0 spiro atoms. The lowest BCUT2D eigenvalue weighted by molar-refractivity contribution is -0.123. The molecule has 0 aliphatic heterocycles. The first kappa shape index (κ1) is 24.2. The highest BCUT2D eigenvalue weighted by Crippen LogP contribution is 2.26. The molecule has 2 saturated carbocycles. The predicted octanol–water partition coefficient (Wildman–Crippen LogP) is 4.15. The van der Waals surface area contributed by atoms with Crippen LogP contribution in [-0.2, 0) is 16.6 Å². The van der Waals surface area contributed by atoms with Crippen LogP contribution in [0, 0.1) is 11.8 Å². The lowest BCUT2D eigenvalue weighted by Gasteiger charge is -2.30. The first-order valence-corrected chi connectivity index (χ1v) is 11.9. The second-order valence-electron chi connectivity index (χ2n) is 9.39. The molecule has 1 amide bonds. The van der Waals surface area contributed by atoms with Crippen LogP contribution in [0.25, 0.3) is 10.9 Å². The van der Waals surface area contributed by atoms with Crippen LogP contribution in [0.5, 0.6) is 0 Å². The van der Waals surface area contributed by atoms with Crippen LogP contribution in [-0.4, -0.2) is 34.1 Å². The number of fused-ring (bicyclic) bond motifs is 1. The van der Waals surface area contributed by atoms with Gasteiger partial charge in [0.05, 0.1) is 0 Å². The molecule has 4 rings (SSSR count). The number of Topliss-reactive ketones (excluding diaryl/α,β-unsaturated/α-hetero) is 2. The van der Waals surface area contributed by atoms with Gasteiger partial charge >= 0.3 is 0 Å². The Morgan fingerprint density at radius 1 is 0.906 bits per heavy atom. The summed E-state index contributed by atoms with van der Waals surface area (Å²) in [7, 11) is 1.90. The maximum atomic E-state index is 12.6. The molecule has 0 bridgehead atoms. The molecule has 4 atom stereocenters. The van der Waals surface area contributed by atoms with Gasteiger partial charge in [0.1, 0.15) is 17.3 Å². The van der Waals surface area contributed by atoms with E-state index in [1.807, 2.05) is 41.9 Å². The number of carbonyl (C=O) groups is 3. The van der Waals surface area contributed by atoms with Crippen LogP contribution in [0.1, 0.15) is 75.7 Å². The zero-order valence-corrected chi connectivity index (χ0v) is 19.6. The molecule has 0 saturated heterocycles. The topological polar surface area (TPSA) is 94.2 Å². The Bertz CT molecular complexity index is 964. The van der Waals surface area contributed by atoms with Crippen molar-refractivity contribution in [3.05, 3.63) is 36.0 Å². The first-order chi connectivity index (χ1) is 15.3. The van der Waals surface area contributed by atoms with Crippen molar-refractivity contribution in [2.75, 3.05) is 0 Å². The number of para-hydroxylation sites is 1. The highest BCUT2D eigenvalue weighted by Gasteiger charge is 2.30. The van der Waals surface area contributed by atoms with E-state index in [0.29, 0.717) is 5.69 Å². The molecule has 6 heteroatoms. The molecule has 2 fully saturated rings. The quantitative estimate of drug-likeness (QED) is 0.748. The van der Waals surface area contributed by atoms with E-state index in [4.69, 9.17) is 5.73 Å². The number of nitrogens with one attached hydrogen (secondary N) is 1. The summed E-state index contributed by atoms with van der Waals surface area (Å²) < 4.78 is 1.91. The lowest BCUT2D eigenvalue weighted by Crippen LogP contribution is -2.45. The zero-order valence-electron chi connectivity index (χ0n) is 19.6. The minimum Gasteiger partial charge on any atom is -0.347 e. The monoisotopic (exact) mass is 439 g/mol. The summed E-state index contributed by atoms with van der Waals surface area (Å²) in [5.74, 6) is 0.493. The van der Waals surface area contributed by atoms with Crippen molar-refractivity contribution in [1.29, 1.82) is 0 Å².